The lowest BCUT2D eigenvalue weighted by Gasteiger charge is -2.11. The Kier molecular flexibility index (Phi) is 3.22. The zero-order valence-electron chi connectivity index (χ0n) is 14.9. The molecule has 2 aromatic heterocycles. The molecule has 3 aromatic carbocycles. The molecule has 3 nitrogen and oxygen atoms in total. The van der Waals surface area contributed by atoms with Crippen LogP contribution in [0.3, 0.4) is 0 Å². The van der Waals surface area contributed by atoms with Gasteiger partial charge < -0.3 is 10.3 Å². The smallest absolute Gasteiger partial charge is 0.240 e. The normalized spacial score (nSPS) is 11.5. The number of aryl methyl sites for hydroxylation is 2. The van der Waals surface area contributed by atoms with Crippen LogP contribution in [0.15, 0.2) is 72.8 Å². The highest BCUT2D eigenvalue weighted by molar-refractivity contribution is 6.13. The second-order valence-corrected chi connectivity index (χ2v) is 6.84. The number of hydrogen-bond acceptors (Lipinski definition) is 1. The Morgan fingerprint density at radius 3 is 2.31 bits per heavy atom. The standard InChI is InChI=1S/C23H19N3/c1-15-11-13-16(14-12-15)24-21-18-8-4-6-10-20(18)26(2)23-17-7-3-5-9-19(17)25-22(21)23/h3-14H,1-2H3,(H,24,25)/p+1. The van der Waals surface area contributed by atoms with Gasteiger partial charge in [-0.05, 0) is 37.3 Å². The van der Waals surface area contributed by atoms with E-state index in [0.717, 1.165) is 22.4 Å². The lowest BCUT2D eigenvalue weighted by Crippen LogP contribution is -2.30. The first-order valence-corrected chi connectivity index (χ1v) is 8.87. The second kappa shape index (κ2) is 5.60. The van der Waals surface area contributed by atoms with E-state index < -0.39 is 0 Å². The predicted octanol–water partition coefficient (Wildman–Crippen LogP) is 5.35. The van der Waals surface area contributed by atoms with Crippen LogP contribution in [0.5, 0.6) is 0 Å². The van der Waals surface area contributed by atoms with Crippen LogP contribution in [-0.4, -0.2) is 4.98 Å². The molecule has 0 saturated carbocycles. The maximum atomic E-state index is 3.66. The molecule has 5 aromatic rings. The van der Waals surface area contributed by atoms with Crippen molar-refractivity contribution in [2.45, 2.75) is 6.92 Å². The third-order valence-electron chi connectivity index (χ3n) is 5.12. The third-order valence-corrected chi connectivity index (χ3v) is 5.12. The SMILES string of the molecule is Cc1ccc(Nc2c3ccccc3[n+](C)c3c2[nH]c2ccccc23)cc1. The summed E-state index contributed by atoms with van der Waals surface area (Å²) in [6.45, 7) is 2.11. The fourth-order valence-electron chi connectivity index (χ4n) is 3.80. The quantitative estimate of drug-likeness (QED) is 0.418. The molecule has 0 unspecified atom stereocenters. The van der Waals surface area contributed by atoms with E-state index in [-0.39, 0.29) is 0 Å². The van der Waals surface area contributed by atoms with Gasteiger partial charge in [0.1, 0.15) is 12.6 Å². The van der Waals surface area contributed by atoms with Gasteiger partial charge in [0.15, 0.2) is 0 Å². The first-order chi connectivity index (χ1) is 12.7. The number of nitrogens with one attached hydrogen (secondary N) is 2. The molecule has 0 saturated heterocycles. The zero-order valence-corrected chi connectivity index (χ0v) is 14.9. The van der Waals surface area contributed by atoms with E-state index in [1.165, 1.54) is 27.4 Å². The Morgan fingerprint density at radius 2 is 1.50 bits per heavy atom. The number of benzene rings is 3. The zero-order chi connectivity index (χ0) is 17.7. The summed E-state index contributed by atoms with van der Waals surface area (Å²) in [5.74, 6) is 0. The van der Waals surface area contributed by atoms with Crippen molar-refractivity contribution in [1.82, 2.24) is 4.98 Å². The molecule has 0 bridgehead atoms. The first-order valence-electron chi connectivity index (χ1n) is 8.87. The maximum absolute atomic E-state index is 3.66. The predicted molar refractivity (Wildman–Crippen MR) is 109 cm³/mol. The summed E-state index contributed by atoms with van der Waals surface area (Å²) in [6, 6.07) is 25.6. The monoisotopic (exact) mass is 338 g/mol. The van der Waals surface area contributed by atoms with E-state index in [4.69, 9.17) is 0 Å². The van der Waals surface area contributed by atoms with Crippen LogP contribution in [-0.2, 0) is 7.05 Å². The van der Waals surface area contributed by atoms with Crippen molar-refractivity contribution in [2.75, 3.05) is 5.32 Å². The summed E-state index contributed by atoms with van der Waals surface area (Å²) in [5.41, 5.74) is 8.18. The number of H-pyrrole nitrogens is 1. The van der Waals surface area contributed by atoms with Gasteiger partial charge in [-0.3, -0.25) is 0 Å². The summed E-state index contributed by atoms with van der Waals surface area (Å²) in [4.78, 5) is 3.63. The summed E-state index contributed by atoms with van der Waals surface area (Å²) >= 11 is 0. The van der Waals surface area contributed by atoms with Crippen LogP contribution in [0, 0.1) is 6.92 Å². The maximum Gasteiger partial charge on any atom is 0.240 e. The van der Waals surface area contributed by atoms with Gasteiger partial charge in [-0.25, -0.2) is 0 Å². The van der Waals surface area contributed by atoms with Crippen LogP contribution >= 0.6 is 0 Å². The van der Waals surface area contributed by atoms with Crippen molar-refractivity contribution < 1.29 is 4.57 Å². The van der Waals surface area contributed by atoms with Gasteiger partial charge in [0.25, 0.3) is 0 Å². The molecule has 0 amide bonds. The number of fused-ring (bicyclic) bond motifs is 4. The van der Waals surface area contributed by atoms with Gasteiger partial charge in [-0.15, -0.1) is 0 Å². The molecule has 0 aliphatic heterocycles. The van der Waals surface area contributed by atoms with E-state index in [1.54, 1.807) is 0 Å². The molecule has 0 radical (unpaired) electrons. The van der Waals surface area contributed by atoms with E-state index in [1.807, 2.05) is 0 Å². The van der Waals surface area contributed by atoms with Gasteiger partial charge in [-0.1, -0.05) is 42.0 Å². The molecule has 3 heteroatoms. The Hall–Kier alpha value is -3.33. The summed E-state index contributed by atoms with van der Waals surface area (Å²) in [7, 11) is 2.14. The molecule has 0 aliphatic carbocycles. The second-order valence-electron chi connectivity index (χ2n) is 6.84. The molecule has 2 N–H and O–H groups in total. The van der Waals surface area contributed by atoms with Gasteiger partial charge in [0.05, 0.1) is 22.0 Å². The lowest BCUT2D eigenvalue weighted by molar-refractivity contribution is -0.616. The van der Waals surface area contributed by atoms with E-state index in [2.05, 4.69) is 102 Å². The summed E-state index contributed by atoms with van der Waals surface area (Å²) < 4.78 is 2.28. The topological polar surface area (TPSA) is 31.7 Å². The van der Waals surface area contributed by atoms with Crippen molar-refractivity contribution in [3.05, 3.63) is 78.4 Å². The van der Waals surface area contributed by atoms with Crippen molar-refractivity contribution >= 4 is 44.2 Å². The van der Waals surface area contributed by atoms with Crippen molar-refractivity contribution in [3.63, 3.8) is 0 Å². The first kappa shape index (κ1) is 15.0. The van der Waals surface area contributed by atoms with Crippen LogP contribution in [0.4, 0.5) is 11.4 Å². The van der Waals surface area contributed by atoms with Crippen LogP contribution < -0.4 is 9.88 Å². The van der Waals surface area contributed by atoms with Gasteiger partial charge in [0, 0.05) is 11.8 Å². The highest BCUT2D eigenvalue weighted by atomic mass is 15.0. The van der Waals surface area contributed by atoms with Gasteiger partial charge >= 0.3 is 0 Å². The fraction of sp³-hybridized carbons (Fsp3) is 0.0870. The minimum atomic E-state index is 1.09. The average Bonchev–Trinajstić information content (AvgIpc) is 3.06. The van der Waals surface area contributed by atoms with E-state index >= 15 is 0 Å². The van der Waals surface area contributed by atoms with Crippen molar-refractivity contribution in [1.29, 1.82) is 0 Å². The largest absolute Gasteiger partial charge is 0.353 e. The Balaban J connectivity index is 1.89. The number of hydrogen-bond donors (Lipinski definition) is 2. The molecule has 2 heterocycles. The molecule has 0 aliphatic rings. The minimum Gasteiger partial charge on any atom is -0.353 e. The molecule has 0 atom stereocenters. The Labute approximate surface area is 151 Å². The summed E-state index contributed by atoms with van der Waals surface area (Å²) in [5, 5.41) is 6.10. The average molecular weight is 338 g/mol. The number of anilines is 2. The summed E-state index contributed by atoms with van der Waals surface area (Å²) in [6.07, 6.45) is 0. The number of nitrogens with zero attached hydrogens (tertiary/aromatic N) is 1. The van der Waals surface area contributed by atoms with Crippen molar-refractivity contribution in [2.24, 2.45) is 7.05 Å². The third kappa shape index (κ3) is 2.17. The van der Waals surface area contributed by atoms with E-state index in [0.29, 0.717) is 0 Å². The van der Waals surface area contributed by atoms with Crippen LogP contribution in [0.25, 0.3) is 32.8 Å². The Bertz CT molecular complexity index is 1260. The fourth-order valence-corrected chi connectivity index (χ4v) is 3.80. The number of para-hydroxylation sites is 2. The number of aromatic amines is 1. The lowest BCUT2D eigenvalue weighted by atomic mass is 10.1. The van der Waals surface area contributed by atoms with E-state index in [9.17, 15) is 0 Å². The number of aromatic nitrogens is 2. The molecular weight excluding hydrogens is 318 g/mol. The minimum absolute atomic E-state index is 1.09. The molecule has 5 rings (SSSR count). The Morgan fingerprint density at radius 1 is 0.808 bits per heavy atom. The highest BCUT2D eigenvalue weighted by Crippen LogP contribution is 2.35. The molecule has 26 heavy (non-hydrogen) atoms. The van der Waals surface area contributed by atoms with Crippen LogP contribution in [0.2, 0.25) is 0 Å². The highest BCUT2D eigenvalue weighted by Gasteiger charge is 2.22. The number of rotatable bonds is 2. The van der Waals surface area contributed by atoms with Crippen LogP contribution in [0.1, 0.15) is 5.56 Å². The molecule has 0 fully saturated rings. The number of pyridine rings is 1. The molecule has 0 spiro atoms. The van der Waals surface area contributed by atoms with Crippen molar-refractivity contribution in [3.8, 4) is 0 Å². The molecule has 126 valence electrons. The van der Waals surface area contributed by atoms with Gasteiger partial charge in [-0.2, -0.15) is 4.57 Å². The molecular formula is C23H20N3+. The van der Waals surface area contributed by atoms with Gasteiger partial charge in [0.2, 0.25) is 11.0 Å².